The molecule has 13 atom stereocenters. The molecule has 0 aromatic heterocycles. The minimum atomic E-state index is -1.77. The lowest BCUT2D eigenvalue weighted by Gasteiger charge is -2.40. The molecule has 1 aromatic carbocycles. The Morgan fingerprint density at radius 2 is 1.38 bits per heavy atom. The Morgan fingerprint density at radius 3 is 1.96 bits per heavy atom. The van der Waals surface area contributed by atoms with Gasteiger partial charge in [-0.25, -0.2) is 14.4 Å². The quantitative estimate of drug-likeness (QED) is 0.0168. The minimum absolute atomic E-state index is 0.167. The molecule has 2 fully saturated rings. The zero-order valence-electron chi connectivity index (χ0n) is 46.4. The van der Waals surface area contributed by atoms with Crippen molar-refractivity contribution in [3.05, 3.63) is 29.8 Å². The van der Waals surface area contributed by atoms with Gasteiger partial charge in [-0.15, -0.1) is 11.8 Å². The zero-order valence-corrected chi connectivity index (χ0v) is 46.4. The van der Waals surface area contributed by atoms with Gasteiger partial charge in [-0.2, -0.15) is 0 Å². The maximum atomic E-state index is 13.8. The first-order chi connectivity index (χ1) is 37.4. The highest BCUT2D eigenvalue weighted by Gasteiger charge is 2.49. The molecule has 0 spiro atoms. The highest BCUT2D eigenvalue weighted by molar-refractivity contribution is 5.97. The van der Waals surface area contributed by atoms with E-state index in [1.54, 1.807) is 38.1 Å². The molecule has 0 bridgehead atoms. The maximum Gasteiger partial charge on any atom is 0.407 e. The maximum absolute atomic E-state index is 13.8. The number of fused-ring (bicyclic) bond motifs is 1. The first-order valence-corrected chi connectivity index (χ1v) is 28.5. The van der Waals surface area contributed by atoms with Gasteiger partial charge in [-0.3, -0.25) is 14.4 Å². The number of hydrogen-bond acceptors (Lipinski definition) is 16. The van der Waals surface area contributed by atoms with Crippen LogP contribution >= 0.6 is 0 Å². The number of Topliss-reactive ketones (excluding diaryl/α,β-unsaturated/α-hetero) is 1. The minimum Gasteiger partial charge on any atom is -0.460 e. The summed E-state index contributed by atoms with van der Waals surface area (Å²) >= 11 is 0. The SMILES string of the molecule is CCCCCCCCCCCCCC[C@@H](OC(C)=O)[C@@H](O)[C@H](CO[C@H]1OC(CO)[C@H](O)[C@H](O)C1O)NC(=O)OCc1ccc(NC(=O)[C@H](CCCNC(N)=O)CC(=O)[C@@H](NC(=O)OCC2[C@H]3CCC#CCC[C@@H]23)C(C)C)cc1. The molecule has 3 aliphatic rings. The first kappa shape index (κ1) is 65.4. The number of unbranched alkanes of at least 4 members (excludes halogenated alkanes) is 11. The highest BCUT2D eigenvalue weighted by atomic mass is 16.7. The first-order valence-electron chi connectivity index (χ1n) is 28.5. The van der Waals surface area contributed by atoms with Gasteiger partial charge >= 0.3 is 24.2 Å². The normalized spacial score (nSPS) is 23.5. The van der Waals surface area contributed by atoms with Crippen LogP contribution in [0.15, 0.2) is 24.3 Å². The van der Waals surface area contributed by atoms with Crippen LogP contribution in [0, 0.1) is 41.4 Å². The van der Waals surface area contributed by atoms with E-state index in [1.807, 2.05) is 0 Å². The summed E-state index contributed by atoms with van der Waals surface area (Å²) in [6.45, 7) is 5.86. The number of carbonyl (C=O) groups is 6. The van der Waals surface area contributed by atoms with Gasteiger partial charge in [-0.05, 0) is 79.9 Å². The van der Waals surface area contributed by atoms with Crippen LogP contribution < -0.4 is 27.0 Å². The van der Waals surface area contributed by atoms with Crippen LogP contribution in [-0.2, 0) is 44.7 Å². The average Bonchev–Trinajstić information content (AvgIpc) is 4.12. The number of amides is 5. The van der Waals surface area contributed by atoms with Crippen molar-refractivity contribution >= 4 is 41.6 Å². The van der Waals surface area contributed by atoms with Crippen molar-refractivity contribution in [3.63, 3.8) is 0 Å². The highest BCUT2D eigenvalue weighted by Crippen LogP contribution is 2.52. The molecule has 1 saturated heterocycles. The molecule has 3 unspecified atom stereocenters. The van der Waals surface area contributed by atoms with Crippen molar-refractivity contribution in [3.8, 4) is 11.8 Å². The number of urea groups is 1. The van der Waals surface area contributed by atoms with Gasteiger partial charge in [0.15, 0.2) is 12.1 Å². The number of anilines is 1. The Balaban J connectivity index is 1.35. The van der Waals surface area contributed by atoms with Crippen molar-refractivity contribution < 1.29 is 78.0 Å². The van der Waals surface area contributed by atoms with Crippen molar-refractivity contribution in [1.82, 2.24) is 16.0 Å². The number of esters is 1. The summed E-state index contributed by atoms with van der Waals surface area (Å²) in [6.07, 6.45) is 4.99. The molecule has 11 N–H and O–H groups in total. The van der Waals surface area contributed by atoms with Crippen LogP contribution in [0.5, 0.6) is 0 Å². The van der Waals surface area contributed by atoms with E-state index in [0.717, 1.165) is 51.4 Å². The van der Waals surface area contributed by atoms with Crippen molar-refractivity contribution in [2.45, 2.75) is 218 Å². The molecule has 4 rings (SSSR count). The van der Waals surface area contributed by atoms with E-state index in [9.17, 15) is 54.3 Å². The van der Waals surface area contributed by atoms with Gasteiger partial charge in [0.1, 0.15) is 43.2 Å². The summed E-state index contributed by atoms with van der Waals surface area (Å²) in [5.41, 5.74) is 6.09. The lowest BCUT2D eigenvalue weighted by Crippen LogP contribution is -2.60. The van der Waals surface area contributed by atoms with E-state index >= 15 is 0 Å². The topological polar surface area (TPSA) is 324 Å². The predicted octanol–water partition coefficient (Wildman–Crippen LogP) is 5.63. The Morgan fingerprint density at radius 1 is 0.782 bits per heavy atom. The Hall–Kier alpha value is -5.08. The molecule has 1 aliphatic heterocycles. The number of hydrogen-bond donors (Lipinski definition) is 10. The van der Waals surface area contributed by atoms with Gasteiger partial charge in [0.25, 0.3) is 0 Å². The number of ketones is 1. The fraction of sp³-hybridized carbons (Fsp3) is 0.754. The van der Waals surface area contributed by atoms with Crippen LogP contribution in [0.4, 0.5) is 20.1 Å². The summed E-state index contributed by atoms with van der Waals surface area (Å²) in [7, 11) is 0. The standard InChI is InChI=1S/C57H91N5O16/c1-5-6-7-8-9-10-11-12-13-14-15-20-25-46(77-37(4)64)49(66)44(35-74-54-52(69)51(68)50(67)47(32-63)78-54)61-56(72)75-33-38-26-28-40(29-27-38)60-53(70)39(22-21-30-59-55(58)71)31-45(65)48(36(2)3)62-57(73)76-34-43-41-23-18-16-17-19-24-42(41)43/h26-29,36,39,41-44,46-52,54,63,66-69H,5-15,18-25,30-35H2,1-4H3,(H,60,70)(H,61,72)(H,62,73)(H3,58,59,71)/t39-,41-,42+,43?,44+,46-,47?,48+,49+,50+,51+,52?,54+/m1/s1. The molecule has 440 valence electrons. The summed E-state index contributed by atoms with van der Waals surface area (Å²) in [5, 5.41) is 63.3. The van der Waals surface area contributed by atoms with E-state index in [-0.39, 0.29) is 56.6 Å². The van der Waals surface area contributed by atoms with Gasteiger partial charge < -0.3 is 76.2 Å². The Labute approximate surface area is 460 Å². The fourth-order valence-electron chi connectivity index (χ4n) is 10.4. The second-order valence-electron chi connectivity index (χ2n) is 21.5. The molecule has 21 nitrogen and oxygen atoms in total. The lowest BCUT2D eigenvalue weighted by molar-refractivity contribution is -0.303. The van der Waals surface area contributed by atoms with Gasteiger partial charge in [-0.1, -0.05) is 104 Å². The number of aliphatic hydroxyl groups is 5. The third-order valence-electron chi connectivity index (χ3n) is 15.0. The van der Waals surface area contributed by atoms with Crippen LogP contribution in [0.3, 0.4) is 0 Å². The molecule has 2 aliphatic carbocycles. The number of primary amides is 1. The van der Waals surface area contributed by atoms with Gasteiger partial charge in [0, 0.05) is 44.3 Å². The van der Waals surface area contributed by atoms with E-state index < -0.39 is 104 Å². The van der Waals surface area contributed by atoms with Crippen LogP contribution in [0.1, 0.15) is 162 Å². The monoisotopic (exact) mass is 1100 g/mol. The summed E-state index contributed by atoms with van der Waals surface area (Å²) in [4.78, 5) is 77.7. The summed E-state index contributed by atoms with van der Waals surface area (Å²) in [5.74, 6) is 4.89. The molecule has 21 heteroatoms. The van der Waals surface area contributed by atoms with E-state index in [2.05, 4.69) is 40.0 Å². The van der Waals surface area contributed by atoms with Crippen molar-refractivity contribution in [2.24, 2.45) is 35.3 Å². The van der Waals surface area contributed by atoms with Crippen molar-refractivity contribution in [2.75, 3.05) is 31.7 Å². The summed E-state index contributed by atoms with van der Waals surface area (Å²) in [6, 6.07) is 3.34. The Kier molecular flexibility index (Phi) is 29.8. The van der Waals surface area contributed by atoms with Gasteiger partial charge in [0.05, 0.1) is 31.9 Å². The second kappa shape index (κ2) is 35.5. The van der Waals surface area contributed by atoms with E-state index in [0.29, 0.717) is 35.9 Å². The molecule has 1 aromatic rings. The smallest absolute Gasteiger partial charge is 0.407 e. The van der Waals surface area contributed by atoms with Crippen LogP contribution in [0.25, 0.3) is 0 Å². The fourth-order valence-corrected chi connectivity index (χ4v) is 10.4. The van der Waals surface area contributed by atoms with Crippen LogP contribution in [-0.4, -0.2) is 143 Å². The Bertz CT molecular complexity index is 2030. The number of benzene rings is 1. The average molecular weight is 1100 g/mol. The predicted molar refractivity (Wildman–Crippen MR) is 289 cm³/mol. The van der Waals surface area contributed by atoms with E-state index in [4.69, 9.17) is 29.4 Å². The molecule has 0 radical (unpaired) electrons. The van der Waals surface area contributed by atoms with Crippen LogP contribution in [0.2, 0.25) is 0 Å². The van der Waals surface area contributed by atoms with Crippen molar-refractivity contribution in [1.29, 1.82) is 0 Å². The third-order valence-corrected chi connectivity index (χ3v) is 15.0. The number of carbonyl (C=O) groups excluding carboxylic acids is 6. The zero-order chi connectivity index (χ0) is 57.0. The molecule has 78 heavy (non-hydrogen) atoms. The van der Waals surface area contributed by atoms with E-state index in [1.165, 1.54) is 51.9 Å². The number of nitrogens with one attached hydrogen (secondary N) is 4. The molecular formula is C57H91N5O16. The number of alkyl carbamates (subject to hydrolysis) is 2. The third kappa shape index (κ3) is 23.3. The van der Waals surface area contributed by atoms with Gasteiger partial charge in [0.2, 0.25) is 5.91 Å². The number of ether oxygens (including phenoxy) is 5. The lowest BCUT2D eigenvalue weighted by atomic mass is 9.89. The molecular weight excluding hydrogens is 1010 g/mol. The largest absolute Gasteiger partial charge is 0.460 e. The summed E-state index contributed by atoms with van der Waals surface area (Å²) < 4.78 is 27.9. The molecule has 5 amide bonds. The number of rotatable bonds is 36. The molecule has 1 saturated carbocycles. The number of nitrogens with two attached hydrogens (primary N) is 1. The second-order valence-corrected chi connectivity index (χ2v) is 21.5. The number of aliphatic hydroxyl groups excluding tert-OH is 5. The molecule has 1 heterocycles.